The van der Waals surface area contributed by atoms with Gasteiger partial charge in [0.1, 0.15) is 0 Å². The molecular formula is C9H13NOS. The maximum atomic E-state index is 11.6. The summed E-state index contributed by atoms with van der Waals surface area (Å²) in [6.45, 7) is 7.67. The molecule has 2 nitrogen and oxygen atoms in total. The number of carbonyl (C=O) groups is 1. The van der Waals surface area contributed by atoms with E-state index in [1.165, 1.54) is 11.3 Å². The number of thiazole rings is 1. The quantitative estimate of drug-likeness (QED) is 0.626. The summed E-state index contributed by atoms with van der Waals surface area (Å²) >= 11 is 1.46. The third-order valence-electron chi connectivity index (χ3n) is 1.53. The number of hydrogen-bond donors (Lipinski definition) is 0. The largest absolute Gasteiger partial charge is 0.293 e. The first-order valence-electron chi connectivity index (χ1n) is 3.88. The zero-order valence-electron chi connectivity index (χ0n) is 7.84. The Morgan fingerprint density at radius 1 is 1.50 bits per heavy atom. The second kappa shape index (κ2) is 2.98. The van der Waals surface area contributed by atoms with Crippen LogP contribution in [0, 0.1) is 12.3 Å². The molecule has 1 aromatic rings. The van der Waals surface area contributed by atoms with Crippen molar-refractivity contribution in [3.05, 3.63) is 16.1 Å². The third kappa shape index (κ3) is 1.91. The fourth-order valence-electron chi connectivity index (χ4n) is 0.836. The summed E-state index contributed by atoms with van der Waals surface area (Å²) in [6.07, 6.45) is 1.66. The lowest BCUT2D eigenvalue weighted by molar-refractivity contribution is 0.0862. The van der Waals surface area contributed by atoms with Crippen molar-refractivity contribution < 1.29 is 4.79 Å². The number of aromatic nitrogens is 1. The van der Waals surface area contributed by atoms with Crippen molar-refractivity contribution in [2.75, 3.05) is 0 Å². The predicted octanol–water partition coefficient (Wildman–Crippen LogP) is 2.68. The van der Waals surface area contributed by atoms with Crippen molar-refractivity contribution in [2.24, 2.45) is 5.41 Å². The molecule has 0 N–H and O–H groups in total. The Kier molecular flexibility index (Phi) is 2.33. The van der Waals surface area contributed by atoms with E-state index in [9.17, 15) is 4.79 Å². The minimum atomic E-state index is -0.293. The second-order valence-corrected chi connectivity index (χ2v) is 5.06. The lowest BCUT2D eigenvalue weighted by atomic mass is 9.90. The fourth-order valence-corrected chi connectivity index (χ4v) is 1.76. The Bertz CT molecular complexity index is 296. The minimum absolute atomic E-state index is 0.174. The number of rotatable bonds is 1. The molecule has 66 valence electrons. The van der Waals surface area contributed by atoms with E-state index in [0.29, 0.717) is 0 Å². The highest BCUT2D eigenvalue weighted by Crippen LogP contribution is 2.24. The molecule has 0 aliphatic heterocycles. The highest BCUT2D eigenvalue weighted by molar-refractivity contribution is 7.13. The van der Waals surface area contributed by atoms with Gasteiger partial charge in [0, 0.05) is 11.6 Å². The molecule has 0 aliphatic carbocycles. The molecule has 0 atom stereocenters. The van der Waals surface area contributed by atoms with Crippen molar-refractivity contribution in [3.8, 4) is 0 Å². The Morgan fingerprint density at radius 3 is 2.42 bits per heavy atom. The molecule has 1 heterocycles. The van der Waals surface area contributed by atoms with Gasteiger partial charge in [-0.25, -0.2) is 4.98 Å². The first-order valence-corrected chi connectivity index (χ1v) is 4.70. The van der Waals surface area contributed by atoms with E-state index in [0.717, 1.165) is 9.88 Å². The molecule has 12 heavy (non-hydrogen) atoms. The topological polar surface area (TPSA) is 30.0 Å². The van der Waals surface area contributed by atoms with Gasteiger partial charge in [0.2, 0.25) is 0 Å². The van der Waals surface area contributed by atoms with E-state index in [2.05, 4.69) is 4.98 Å². The smallest absolute Gasteiger partial charge is 0.179 e. The maximum absolute atomic E-state index is 11.6. The van der Waals surface area contributed by atoms with Gasteiger partial charge in [0.25, 0.3) is 0 Å². The molecule has 0 aliphatic rings. The SMILES string of the molecule is Cc1ncc(C(=O)C(C)(C)C)s1. The van der Waals surface area contributed by atoms with E-state index in [1.54, 1.807) is 6.20 Å². The number of ketones is 1. The summed E-state index contributed by atoms with van der Waals surface area (Å²) in [7, 11) is 0. The lowest BCUT2D eigenvalue weighted by Gasteiger charge is -2.14. The first-order chi connectivity index (χ1) is 5.41. The fraction of sp³-hybridized carbons (Fsp3) is 0.556. The van der Waals surface area contributed by atoms with Crippen LogP contribution in [0.5, 0.6) is 0 Å². The summed E-state index contributed by atoms with van der Waals surface area (Å²) < 4.78 is 0. The maximum Gasteiger partial charge on any atom is 0.179 e. The normalized spacial score (nSPS) is 11.7. The van der Waals surface area contributed by atoms with Crippen LogP contribution in [-0.2, 0) is 0 Å². The van der Waals surface area contributed by atoms with Gasteiger partial charge in [-0.15, -0.1) is 11.3 Å². The second-order valence-electron chi connectivity index (χ2n) is 3.82. The molecule has 0 bridgehead atoms. The summed E-state index contributed by atoms with van der Waals surface area (Å²) in [5.74, 6) is 0.174. The molecule has 0 spiro atoms. The number of nitrogens with zero attached hydrogens (tertiary/aromatic N) is 1. The molecule has 0 amide bonds. The van der Waals surface area contributed by atoms with Crippen molar-refractivity contribution in [1.29, 1.82) is 0 Å². The van der Waals surface area contributed by atoms with Crippen LogP contribution in [0.4, 0.5) is 0 Å². The van der Waals surface area contributed by atoms with Gasteiger partial charge in [0.05, 0.1) is 9.88 Å². The summed E-state index contributed by atoms with van der Waals surface area (Å²) in [4.78, 5) is 16.5. The van der Waals surface area contributed by atoms with E-state index >= 15 is 0 Å². The molecule has 0 aromatic carbocycles. The van der Waals surface area contributed by atoms with Crippen LogP contribution < -0.4 is 0 Å². The first kappa shape index (κ1) is 9.39. The van der Waals surface area contributed by atoms with E-state index in [4.69, 9.17) is 0 Å². The highest BCUT2D eigenvalue weighted by Gasteiger charge is 2.24. The summed E-state index contributed by atoms with van der Waals surface area (Å²) in [5, 5.41) is 0.947. The Labute approximate surface area is 76.6 Å². The van der Waals surface area contributed by atoms with E-state index in [1.807, 2.05) is 27.7 Å². The summed E-state index contributed by atoms with van der Waals surface area (Å²) in [6, 6.07) is 0. The van der Waals surface area contributed by atoms with Crippen molar-refractivity contribution >= 4 is 17.1 Å². The Hall–Kier alpha value is -0.700. The van der Waals surface area contributed by atoms with Gasteiger partial charge in [0.15, 0.2) is 5.78 Å². The third-order valence-corrected chi connectivity index (χ3v) is 2.44. The zero-order valence-corrected chi connectivity index (χ0v) is 8.66. The molecule has 0 saturated heterocycles. The van der Waals surface area contributed by atoms with Crippen LogP contribution in [-0.4, -0.2) is 10.8 Å². The van der Waals surface area contributed by atoms with Crippen molar-refractivity contribution in [1.82, 2.24) is 4.98 Å². The molecule has 1 aromatic heterocycles. The summed E-state index contributed by atoms with van der Waals surface area (Å²) in [5.41, 5.74) is -0.293. The van der Waals surface area contributed by atoms with Crippen LogP contribution in [0.2, 0.25) is 0 Å². The van der Waals surface area contributed by atoms with Gasteiger partial charge >= 0.3 is 0 Å². The predicted molar refractivity (Wildman–Crippen MR) is 50.6 cm³/mol. The number of Topliss-reactive ketones (excluding diaryl/α,β-unsaturated/α-hetero) is 1. The average molecular weight is 183 g/mol. The average Bonchev–Trinajstić information content (AvgIpc) is 2.32. The van der Waals surface area contributed by atoms with Crippen LogP contribution in [0.1, 0.15) is 35.5 Å². The van der Waals surface area contributed by atoms with Gasteiger partial charge in [-0.3, -0.25) is 4.79 Å². The van der Waals surface area contributed by atoms with Crippen LogP contribution in [0.3, 0.4) is 0 Å². The monoisotopic (exact) mass is 183 g/mol. The van der Waals surface area contributed by atoms with Gasteiger partial charge < -0.3 is 0 Å². The number of carbonyl (C=O) groups excluding carboxylic acids is 1. The van der Waals surface area contributed by atoms with Gasteiger partial charge in [-0.1, -0.05) is 20.8 Å². The van der Waals surface area contributed by atoms with Crippen molar-refractivity contribution in [3.63, 3.8) is 0 Å². The van der Waals surface area contributed by atoms with Crippen LogP contribution in [0.25, 0.3) is 0 Å². The van der Waals surface area contributed by atoms with E-state index in [-0.39, 0.29) is 11.2 Å². The minimum Gasteiger partial charge on any atom is -0.293 e. The highest BCUT2D eigenvalue weighted by atomic mass is 32.1. The van der Waals surface area contributed by atoms with Crippen LogP contribution >= 0.6 is 11.3 Å². The Balaban J connectivity index is 2.93. The Morgan fingerprint density at radius 2 is 2.08 bits per heavy atom. The van der Waals surface area contributed by atoms with E-state index < -0.39 is 0 Å². The molecule has 3 heteroatoms. The molecule has 0 fully saturated rings. The van der Waals surface area contributed by atoms with Gasteiger partial charge in [-0.05, 0) is 6.92 Å². The molecule has 0 unspecified atom stereocenters. The molecular weight excluding hydrogens is 170 g/mol. The number of aryl methyl sites for hydroxylation is 1. The zero-order chi connectivity index (χ0) is 9.35. The van der Waals surface area contributed by atoms with Crippen molar-refractivity contribution in [2.45, 2.75) is 27.7 Å². The van der Waals surface area contributed by atoms with Crippen LogP contribution in [0.15, 0.2) is 6.20 Å². The lowest BCUT2D eigenvalue weighted by Crippen LogP contribution is -2.18. The van der Waals surface area contributed by atoms with Gasteiger partial charge in [-0.2, -0.15) is 0 Å². The number of hydrogen-bond acceptors (Lipinski definition) is 3. The molecule has 0 saturated carbocycles. The molecule has 0 radical (unpaired) electrons. The standard InChI is InChI=1S/C9H13NOS/c1-6-10-5-7(12-6)8(11)9(2,3)4/h5H,1-4H3. The molecule has 1 rings (SSSR count).